The zero-order valence-electron chi connectivity index (χ0n) is 22.8. The van der Waals surface area contributed by atoms with E-state index < -0.39 is 0 Å². The van der Waals surface area contributed by atoms with Gasteiger partial charge in [-0.1, -0.05) is 129 Å². The first-order valence-corrected chi connectivity index (χ1v) is 14.5. The van der Waals surface area contributed by atoms with E-state index in [1.165, 1.54) is 128 Å². The lowest BCUT2D eigenvalue weighted by Crippen LogP contribution is -2.32. The predicted molar refractivity (Wildman–Crippen MR) is 143 cm³/mol. The highest BCUT2D eigenvalue weighted by Crippen LogP contribution is 2.12. The van der Waals surface area contributed by atoms with Crippen molar-refractivity contribution in [3.63, 3.8) is 0 Å². The molecule has 0 saturated carbocycles. The summed E-state index contributed by atoms with van der Waals surface area (Å²) in [4.78, 5) is 2.22. The largest absolute Gasteiger partial charge is 0.379 e. The Kier molecular flexibility index (Phi) is 27.0. The van der Waals surface area contributed by atoms with Crippen molar-refractivity contribution in [2.75, 3.05) is 40.5 Å². The fraction of sp³-hybridized carbons (Fsp3) is 1.00. The van der Waals surface area contributed by atoms with E-state index in [0.29, 0.717) is 0 Å². The summed E-state index contributed by atoms with van der Waals surface area (Å²) >= 11 is 0. The van der Waals surface area contributed by atoms with E-state index in [2.05, 4.69) is 32.8 Å². The quantitative estimate of drug-likeness (QED) is 0.115. The van der Waals surface area contributed by atoms with Crippen molar-refractivity contribution in [1.29, 1.82) is 0 Å². The Morgan fingerprint density at radius 2 is 0.875 bits per heavy atom. The molecule has 0 aromatic rings. The van der Waals surface area contributed by atoms with Crippen LogP contribution >= 0.6 is 0 Å². The number of unbranched alkanes of at least 4 members (excludes halogenated alkanes) is 18. The lowest BCUT2D eigenvalue weighted by atomic mass is 10.1. The number of hydrogen-bond donors (Lipinski definition) is 0. The average molecular weight is 456 g/mol. The molecule has 0 N–H and O–H groups in total. The van der Waals surface area contributed by atoms with Crippen LogP contribution in [0.25, 0.3) is 0 Å². The molecule has 0 aliphatic rings. The Labute approximate surface area is 203 Å². The van der Waals surface area contributed by atoms with Crippen LogP contribution in [0.2, 0.25) is 0 Å². The van der Waals surface area contributed by atoms with Crippen LogP contribution in [0.15, 0.2) is 0 Å². The van der Waals surface area contributed by atoms with Crippen LogP contribution in [-0.2, 0) is 9.47 Å². The van der Waals surface area contributed by atoms with E-state index in [1.807, 2.05) is 0 Å². The summed E-state index contributed by atoms with van der Waals surface area (Å²) < 4.78 is 12.1. The monoisotopic (exact) mass is 455 g/mol. The highest BCUT2D eigenvalue weighted by molar-refractivity contribution is 4.61. The van der Waals surface area contributed by atoms with Crippen molar-refractivity contribution < 1.29 is 9.47 Å². The first-order valence-electron chi connectivity index (χ1n) is 14.5. The van der Waals surface area contributed by atoms with Gasteiger partial charge < -0.3 is 14.4 Å². The summed E-state index contributed by atoms with van der Waals surface area (Å²) in [5.74, 6) is 0. The van der Waals surface area contributed by atoms with Crippen LogP contribution in [0.4, 0.5) is 0 Å². The molecule has 0 radical (unpaired) electrons. The lowest BCUT2D eigenvalue weighted by Gasteiger charge is -2.21. The van der Waals surface area contributed by atoms with Gasteiger partial charge in [-0.25, -0.2) is 0 Å². The molecule has 3 heteroatoms. The number of ether oxygens (including phenoxy) is 2. The van der Waals surface area contributed by atoms with Gasteiger partial charge in [0.15, 0.2) is 0 Å². The first-order chi connectivity index (χ1) is 15.7. The topological polar surface area (TPSA) is 21.7 Å². The summed E-state index contributed by atoms with van der Waals surface area (Å²) in [5, 5.41) is 0. The molecule has 0 bridgehead atoms. The molecule has 0 fully saturated rings. The van der Waals surface area contributed by atoms with Gasteiger partial charge in [0.05, 0.1) is 12.7 Å². The van der Waals surface area contributed by atoms with E-state index in [4.69, 9.17) is 9.47 Å². The van der Waals surface area contributed by atoms with E-state index >= 15 is 0 Å². The highest BCUT2D eigenvalue weighted by Gasteiger charge is 2.10. The lowest BCUT2D eigenvalue weighted by molar-refractivity contribution is -0.0287. The second kappa shape index (κ2) is 27.1. The molecule has 0 aromatic heterocycles. The predicted octanol–water partition coefficient (Wildman–Crippen LogP) is 8.79. The van der Waals surface area contributed by atoms with Crippen LogP contribution in [0.3, 0.4) is 0 Å². The molecule has 0 aromatic carbocycles. The molecule has 0 aliphatic heterocycles. The summed E-state index contributed by atoms with van der Waals surface area (Å²) in [6, 6.07) is 0. The van der Waals surface area contributed by atoms with Crippen molar-refractivity contribution in [2.24, 2.45) is 0 Å². The number of likely N-dealkylation sites (N-methyl/N-ethyl adjacent to an activating group) is 1. The second-order valence-corrected chi connectivity index (χ2v) is 10.2. The molecule has 0 saturated heterocycles. The molecular weight excluding hydrogens is 394 g/mol. The third-order valence-corrected chi connectivity index (χ3v) is 6.37. The van der Waals surface area contributed by atoms with Crippen molar-refractivity contribution in [1.82, 2.24) is 4.90 Å². The SMILES string of the molecule is CCCCCCCCCCCCOCC(CN(C)C)OCCCCCCCCCCCC. The van der Waals surface area contributed by atoms with Gasteiger partial charge in [-0.2, -0.15) is 0 Å². The molecule has 194 valence electrons. The standard InChI is InChI=1S/C29H61NO2/c1-5-7-9-11-13-15-17-19-21-23-25-31-28-29(27-30(3)4)32-26-24-22-20-18-16-14-12-10-8-6-2/h29H,5-28H2,1-4H3. The molecule has 1 unspecified atom stereocenters. The molecule has 32 heavy (non-hydrogen) atoms. The zero-order chi connectivity index (χ0) is 23.5. The number of hydrogen-bond acceptors (Lipinski definition) is 3. The Balaban J connectivity index is 3.52. The number of rotatable bonds is 27. The minimum absolute atomic E-state index is 0.215. The van der Waals surface area contributed by atoms with Gasteiger partial charge >= 0.3 is 0 Å². The minimum atomic E-state index is 0.215. The van der Waals surface area contributed by atoms with Crippen molar-refractivity contribution in [3.05, 3.63) is 0 Å². The van der Waals surface area contributed by atoms with E-state index in [-0.39, 0.29) is 6.10 Å². The first kappa shape index (κ1) is 31.9. The van der Waals surface area contributed by atoms with Crippen LogP contribution < -0.4 is 0 Å². The molecule has 1 atom stereocenters. The van der Waals surface area contributed by atoms with Crippen molar-refractivity contribution in [2.45, 2.75) is 148 Å². The summed E-state index contributed by atoms with van der Waals surface area (Å²) in [7, 11) is 4.25. The second-order valence-electron chi connectivity index (χ2n) is 10.2. The van der Waals surface area contributed by atoms with E-state index in [1.54, 1.807) is 0 Å². The van der Waals surface area contributed by atoms with Crippen LogP contribution in [-0.4, -0.2) is 51.5 Å². The minimum Gasteiger partial charge on any atom is -0.379 e. The van der Waals surface area contributed by atoms with Crippen LogP contribution in [0, 0.1) is 0 Å². The van der Waals surface area contributed by atoms with Gasteiger partial charge in [0.1, 0.15) is 0 Å². The molecule has 0 aliphatic carbocycles. The van der Waals surface area contributed by atoms with Gasteiger partial charge in [0, 0.05) is 19.8 Å². The van der Waals surface area contributed by atoms with Crippen molar-refractivity contribution >= 4 is 0 Å². The maximum atomic E-state index is 6.16. The fourth-order valence-corrected chi connectivity index (χ4v) is 4.31. The Morgan fingerprint density at radius 3 is 1.28 bits per heavy atom. The van der Waals surface area contributed by atoms with Gasteiger partial charge in [0.2, 0.25) is 0 Å². The van der Waals surface area contributed by atoms with Crippen LogP contribution in [0.5, 0.6) is 0 Å². The molecule has 0 rings (SSSR count). The summed E-state index contributed by atoms with van der Waals surface area (Å²) in [5.41, 5.74) is 0. The number of nitrogens with zero attached hydrogens (tertiary/aromatic N) is 1. The third-order valence-electron chi connectivity index (χ3n) is 6.37. The van der Waals surface area contributed by atoms with Gasteiger partial charge in [-0.15, -0.1) is 0 Å². The summed E-state index contributed by atoms with van der Waals surface area (Å²) in [6.45, 7) is 8.05. The highest BCUT2D eigenvalue weighted by atomic mass is 16.5. The molecular formula is C29H61NO2. The van der Waals surface area contributed by atoms with Crippen molar-refractivity contribution in [3.8, 4) is 0 Å². The van der Waals surface area contributed by atoms with E-state index in [0.717, 1.165) is 26.4 Å². The maximum absolute atomic E-state index is 6.16. The van der Waals surface area contributed by atoms with Crippen LogP contribution in [0.1, 0.15) is 142 Å². The molecule has 0 heterocycles. The van der Waals surface area contributed by atoms with Gasteiger partial charge in [-0.3, -0.25) is 0 Å². The smallest absolute Gasteiger partial charge is 0.0934 e. The Bertz CT molecular complexity index is 335. The average Bonchev–Trinajstić information content (AvgIpc) is 2.77. The Hall–Kier alpha value is -0.120. The third kappa shape index (κ3) is 26.1. The molecule has 0 spiro atoms. The normalized spacial score (nSPS) is 12.7. The van der Waals surface area contributed by atoms with E-state index in [9.17, 15) is 0 Å². The Morgan fingerprint density at radius 1 is 0.500 bits per heavy atom. The zero-order valence-corrected chi connectivity index (χ0v) is 22.8. The van der Waals surface area contributed by atoms with Gasteiger partial charge in [0.25, 0.3) is 0 Å². The maximum Gasteiger partial charge on any atom is 0.0934 e. The molecule has 0 amide bonds. The molecule has 3 nitrogen and oxygen atoms in total. The fourth-order valence-electron chi connectivity index (χ4n) is 4.31. The van der Waals surface area contributed by atoms with Gasteiger partial charge in [-0.05, 0) is 26.9 Å². The summed E-state index contributed by atoms with van der Waals surface area (Å²) in [6.07, 6.45) is 27.7.